The summed E-state index contributed by atoms with van der Waals surface area (Å²) in [6, 6.07) is 1.41. The summed E-state index contributed by atoms with van der Waals surface area (Å²) in [5, 5.41) is 37.4. The molecule has 13 nitrogen and oxygen atoms in total. The number of hydrogen-bond donors (Lipinski definition) is 7. The molecule has 2 aliphatic rings. The fourth-order valence-corrected chi connectivity index (χ4v) is 5.70. The molecule has 0 aromatic heterocycles. The maximum absolute atomic E-state index is 10.7. The van der Waals surface area contributed by atoms with Crippen molar-refractivity contribution in [1.29, 1.82) is 16.2 Å². The van der Waals surface area contributed by atoms with E-state index in [4.69, 9.17) is 34.2 Å². The molecule has 0 bridgehead atoms. The first kappa shape index (κ1) is 59.3. The Morgan fingerprint density at radius 1 is 0.786 bits per heavy atom. The molecule has 2 aliphatic heterocycles. The molecule has 0 aromatic rings. The number of hydrogen-bond acceptors (Lipinski definition) is 8. The Balaban J connectivity index is -0.000000294. The number of rotatable bonds is 9. The number of carbonyl (C=O) groups is 2. The van der Waals surface area contributed by atoms with Gasteiger partial charge in [-0.1, -0.05) is 67.6 Å². The van der Waals surface area contributed by atoms with E-state index >= 15 is 0 Å². The molecule has 2 rings (SSSR count). The van der Waals surface area contributed by atoms with Crippen LogP contribution in [0.1, 0.15) is 157 Å². The molecular weight excluding hydrogens is 723 g/mol. The summed E-state index contributed by atoms with van der Waals surface area (Å²) in [6.07, 6.45) is 8.16. The van der Waals surface area contributed by atoms with E-state index in [1.165, 1.54) is 39.0 Å². The molecule has 2 heterocycles. The highest BCUT2D eigenvalue weighted by Crippen LogP contribution is 2.24. The molecule has 0 radical (unpaired) electrons. The number of amides is 2. The smallest absolute Gasteiger partial charge is 0.227 e. The minimum atomic E-state index is -0.0949. The van der Waals surface area contributed by atoms with Crippen molar-refractivity contribution >= 4 is 58.6 Å². The van der Waals surface area contributed by atoms with Gasteiger partial charge in [0.15, 0.2) is 0 Å². The van der Waals surface area contributed by atoms with Crippen LogP contribution in [0.15, 0.2) is 10.2 Å². The predicted octanol–water partition coefficient (Wildman–Crippen LogP) is 8.47. The first-order chi connectivity index (χ1) is 25.6. The largest absolute Gasteiger partial charge is 0.386 e. The van der Waals surface area contributed by atoms with Crippen molar-refractivity contribution in [3.8, 4) is 0 Å². The van der Waals surface area contributed by atoms with Gasteiger partial charge in [0.1, 0.15) is 5.84 Å². The number of nitrogens with zero attached hydrogens (tertiary/aromatic N) is 4. The van der Waals surface area contributed by atoms with Gasteiger partial charge in [0.25, 0.3) is 0 Å². The van der Waals surface area contributed by atoms with E-state index in [1.807, 2.05) is 48.5 Å². The topological polar surface area (TPSA) is 199 Å². The van der Waals surface area contributed by atoms with Gasteiger partial charge in [-0.3, -0.25) is 25.8 Å². The van der Waals surface area contributed by atoms with E-state index in [9.17, 15) is 9.59 Å². The average molecular weight is 810 g/mol. The zero-order valence-corrected chi connectivity index (χ0v) is 39.8. The Hall–Kier alpha value is -3.42. The Morgan fingerprint density at radius 3 is 1.57 bits per heavy atom. The summed E-state index contributed by atoms with van der Waals surface area (Å²) in [7, 11) is 0. The molecule has 328 valence electrons. The van der Waals surface area contributed by atoms with Crippen molar-refractivity contribution in [3.63, 3.8) is 0 Å². The molecule has 2 saturated heterocycles. The van der Waals surface area contributed by atoms with E-state index in [2.05, 4.69) is 77.5 Å². The Bertz CT molecular complexity index is 1160. The van der Waals surface area contributed by atoms with E-state index in [1.54, 1.807) is 33.9 Å². The summed E-state index contributed by atoms with van der Waals surface area (Å²) in [5.41, 5.74) is 5.21. The van der Waals surface area contributed by atoms with E-state index < -0.39 is 0 Å². The van der Waals surface area contributed by atoms with E-state index in [0.717, 1.165) is 54.0 Å². The van der Waals surface area contributed by atoms with Crippen LogP contribution in [0.5, 0.6) is 0 Å². The Morgan fingerprint density at radius 2 is 1.30 bits per heavy atom. The summed E-state index contributed by atoms with van der Waals surface area (Å²) in [6.45, 7) is 38.5. The molecule has 0 aliphatic carbocycles. The number of thiocarbonyl (C=S) groups is 1. The number of nitrogens with two attached hydrogens (primary N) is 1. The summed E-state index contributed by atoms with van der Waals surface area (Å²) >= 11 is 4.76. The number of nitrogens with one attached hydrogen (secondary N) is 6. The summed E-state index contributed by atoms with van der Waals surface area (Å²) in [4.78, 5) is 26.2. The van der Waals surface area contributed by atoms with Crippen LogP contribution in [0.4, 0.5) is 0 Å². The lowest BCUT2D eigenvalue weighted by molar-refractivity contribution is -0.122. The van der Waals surface area contributed by atoms with Gasteiger partial charge >= 0.3 is 0 Å². The van der Waals surface area contributed by atoms with Crippen LogP contribution in [0, 0.1) is 45.8 Å². The van der Waals surface area contributed by atoms with Crippen LogP contribution in [-0.4, -0.2) is 93.9 Å². The lowest BCUT2D eigenvalue weighted by Gasteiger charge is -2.26. The monoisotopic (exact) mass is 810 g/mol. The normalized spacial score (nSPS) is 16.1. The van der Waals surface area contributed by atoms with Gasteiger partial charge in [-0.25, -0.2) is 0 Å². The molecule has 56 heavy (non-hydrogen) atoms. The molecule has 2 fully saturated rings. The second-order valence-corrected chi connectivity index (χ2v) is 17.4. The van der Waals surface area contributed by atoms with E-state index in [0.29, 0.717) is 23.8 Å². The van der Waals surface area contributed by atoms with Gasteiger partial charge in [-0.05, 0) is 118 Å². The third-order valence-corrected chi connectivity index (χ3v) is 7.63. The standard InChI is InChI=1S/2C10H20N2.C6H13N3.C6H12N2O.C5H11NO.C5H11NS/c1-8(2)6-10-4-5-12(7-10)9(3)11;1-8(2)7-10-5-4-6-12(10)9(3)11;1-5(2)4-8-9-6(3)7;1-4(2)6(9)8-5(3)7;2*1-4(2)6-5(3)7/h2*8,10-11H,4-7H2,1-3H3;4-5H,1-3H3,(H2,7,9);4H,1-3H3,(H2,7,8,9);2*4H,1-3H3,(H,6,7)/b;;8-4+;;;. The van der Waals surface area contributed by atoms with Crippen LogP contribution >= 0.6 is 12.2 Å². The van der Waals surface area contributed by atoms with Crippen molar-refractivity contribution in [3.05, 3.63) is 0 Å². The predicted molar refractivity (Wildman–Crippen MR) is 248 cm³/mol. The van der Waals surface area contributed by atoms with Crippen LogP contribution < -0.4 is 21.7 Å². The third-order valence-electron chi connectivity index (χ3n) is 7.52. The highest BCUT2D eigenvalue weighted by Gasteiger charge is 2.25. The first-order valence-electron chi connectivity index (χ1n) is 20.5. The van der Waals surface area contributed by atoms with Crippen molar-refractivity contribution in [1.82, 2.24) is 25.8 Å². The Labute approximate surface area is 349 Å². The summed E-state index contributed by atoms with van der Waals surface area (Å²) < 4.78 is 0. The van der Waals surface area contributed by atoms with Crippen molar-refractivity contribution in [2.24, 2.45) is 45.5 Å². The van der Waals surface area contributed by atoms with Crippen molar-refractivity contribution in [2.75, 3.05) is 19.6 Å². The quantitative estimate of drug-likeness (QED) is 0.0524. The zero-order chi connectivity index (χ0) is 44.7. The molecule has 14 heteroatoms. The van der Waals surface area contributed by atoms with Crippen LogP contribution in [0.3, 0.4) is 0 Å². The molecule has 2 unspecified atom stereocenters. The van der Waals surface area contributed by atoms with Gasteiger partial charge in [0.05, 0.1) is 22.5 Å². The minimum absolute atomic E-state index is 0.0368. The SMILES string of the molecule is CC(=N)N1CCC(CC(C)C)C1.CC(=N)N1CCCC1CC(C)C.CC(=N)NC(=O)C(C)C.CC(=O)NC(C)C.CC(=S)NC(C)C.CC(N)=N/N=C/C(C)C. The van der Waals surface area contributed by atoms with Gasteiger partial charge in [-0.2, -0.15) is 5.10 Å². The molecular formula is C42H87N11O2S. The minimum Gasteiger partial charge on any atom is -0.386 e. The number of likely N-dealkylation sites (tertiary alicyclic amines) is 2. The maximum atomic E-state index is 10.7. The molecule has 0 spiro atoms. The van der Waals surface area contributed by atoms with Gasteiger partial charge in [0.2, 0.25) is 11.8 Å². The van der Waals surface area contributed by atoms with Gasteiger partial charge in [-0.15, -0.1) is 5.10 Å². The first-order valence-corrected chi connectivity index (χ1v) is 20.9. The number of carbonyl (C=O) groups excluding carboxylic acids is 2. The van der Waals surface area contributed by atoms with Crippen LogP contribution in [-0.2, 0) is 9.59 Å². The fraction of sp³-hybridized carbons (Fsp3) is 0.810. The summed E-state index contributed by atoms with van der Waals surface area (Å²) in [5.74, 6) is 4.93. The van der Waals surface area contributed by atoms with Crippen molar-refractivity contribution < 1.29 is 9.59 Å². The van der Waals surface area contributed by atoms with Gasteiger partial charge in [0, 0.05) is 56.8 Å². The van der Waals surface area contributed by atoms with Gasteiger partial charge < -0.3 is 31.5 Å². The molecule has 2 atom stereocenters. The highest BCUT2D eigenvalue weighted by molar-refractivity contribution is 7.80. The maximum Gasteiger partial charge on any atom is 0.227 e. The number of amidine groups is 4. The molecule has 2 amide bonds. The van der Waals surface area contributed by atoms with E-state index in [-0.39, 0.29) is 29.6 Å². The second kappa shape index (κ2) is 34.8. The lowest BCUT2D eigenvalue weighted by Crippen LogP contribution is -2.34. The van der Waals surface area contributed by atoms with Crippen LogP contribution in [0.25, 0.3) is 0 Å². The zero-order valence-electron chi connectivity index (χ0n) is 38.9. The van der Waals surface area contributed by atoms with Crippen molar-refractivity contribution in [2.45, 2.75) is 175 Å². The lowest BCUT2D eigenvalue weighted by atomic mass is 9.97. The van der Waals surface area contributed by atoms with Crippen LogP contribution in [0.2, 0.25) is 0 Å². The third kappa shape index (κ3) is 43.3. The molecule has 8 N–H and O–H groups in total. The molecule has 0 saturated carbocycles. The second-order valence-electron chi connectivity index (χ2n) is 16.7. The fourth-order valence-electron chi connectivity index (χ4n) is 5.46. The molecule has 0 aromatic carbocycles. The Kier molecular flexibility index (Phi) is 36.8. The highest BCUT2D eigenvalue weighted by atomic mass is 32.1. The average Bonchev–Trinajstić information content (AvgIpc) is 3.66.